The van der Waals surface area contributed by atoms with Gasteiger partial charge in [0, 0.05) is 43.7 Å². The summed E-state index contributed by atoms with van der Waals surface area (Å²) in [6.07, 6.45) is 0.902. The van der Waals surface area contributed by atoms with E-state index in [1.807, 2.05) is 30.3 Å². The molecule has 41 heavy (non-hydrogen) atoms. The molecule has 1 aromatic carbocycles. The number of nitrogens with one attached hydrogen (secondary N) is 1. The number of benzene rings is 1. The maximum Gasteiger partial charge on any atom is 0.391 e. The van der Waals surface area contributed by atoms with Gasteiger partial charge in [0.05, 0.1) is 23.6 Å². The van der Waals surface area contributed by atoms with Crippen molar-refractivity contribution in [3.05, 3.63) is 69.6 Å². The molecule has 1 aliphatic heterocycles. The third-order valence-corrected chi connectivity index (χ3v) is 9.75. The average molecular weight is 574 g/mol. The van der Waals surface area contributed by atoms with Crippen LogP contribution in [0.3, 0.4) is 0 Å². The molecule has 2 heterocycles. The number of alkyl halides is 3. The fraction of sp³-hybridized carbons (Fsp3) is 0.581. The van der Waals surface area contributed by atoms with E-state index >= 15 is 0 Å². The standard InChI is InChI=1S/C31H38F3N3O4/c1-35-27(39)25-18-37(26(38)17-23(25)15-21-7-3-2-4-8-21)20-30(41)13-14-36(19-29(30)11-5-6-12-29)28(40)22-9-10-24(16-22)31(32,33)34/h2-4,7-8,17-18,22,24,41H,5-6,9-16,19-20H2,1H3,(H,35,39). The van der Waals surface area contributed by atoms with Gasteiger partial charge >= 0.3 is 6.18 Å². The van der Waals surface area contributed by atoms with Gasteiger partial charge in [0.15, 0.2) is 0 Å². The number of rotatable bonds is 6. The highest BCUT2D eigenvalue weighted by Crippen LogP contribution is 2.52. The van der Waals surface area contributed by atoms with Crippen molar-refractivity contribution in [3.63, 3.8) is 0 Å². The van der Waals surface area contributed by atoms with Crippen molar-refractivity contribution >= 4 is 11.8 Å². The van der Waals surface area contributed by atoms with E-state index in [-0.39, 0.29) is 62.7 Å². The quantitative estimate of drug-likeness (QED) is 0.539. The molecule has 2 amide bonds. The molecule has 1 saturated heterocycles. The molecule has 1 spiro atoms. The topological polar surface area (TPSA) is 91.6 Å². The van der Waals surface area contributed by atoms with Crippen molar-refractivity contribution in [2.45, 2.75) is 76.1 Å². The van der Waals surface area contributed by atoms with Gasteiger partial charge in [-0.2, -0.15) is 13.2 Å². The zero-order valence-electron chi connectivity index (χ0n) is 23.4. The Kier molecular flexibility index (Phi) is 8.07. The highest BCUT2D eigenvalue weighted by atomic mass is 19.4. The van der Waals surface area contributed by atoms with Crippen LogP contribution < -0.4 is 10.9 Å². The molecule has 0 radical (unpaired) electrons. The summed E-state index contributed by atoms with van der Waals surface area (Å²) < 4.78 is 41.1. The molecular formula is C31H38F3N3O4. The van der Waals surface area contributed by atoms with Gasteiger partial charge in [0.2, 0.25) is 5.91 Å². The fourth-order valence-electron chi connectivity index (χ4n) is 7.37. The summed E-state index contributed by atoms with van der Waals surface area (Å²) >= 11 is 0. The molecule has 3 aliphatic rings. The van der Waals surface area contributed by atoms with Crippen LogP contribution in [0.4, 0.5) is 13.2 Å². The second kappa shape index (κ2) is 11.3. The monoisotopic (exact) mass is 573 g/mol. The summed E-state index contributed by atoms with van der Waals surface area (Å²) in [6.45, 7) is 0.453. The number of aliphatic hydroxyl groups is 1. The van der Waals surface area contributed by atoms with E-state index in [4.69, 9.17) is 0 Å². The van der Waals surface area contributed by atoms with E-state index in [1.54, 1.807) is 4.90 Å². The van der Waals surface area contributed by atoms with Crippen LogP contribution in [0.25, 0.3) is 0 Å². The van der Waals surface area contributed by atoms with Crippen LogP contribution in [0.15, 0.2) is 47.4 Å². The second-order valence-electron chi connectivity index (χ2n) is 12.2. The largest absolute Gasteiger partial charge is 0.391 e. The highest BCUT2D eigenvalue weighted by molar-refractivity contribution is 5.95. The maximum atomic E-state index is 13.4. The van der Waals surface area contributed by atoms with Crippen molar-refractivity contribution in [1.82, 2.24) is 14.8 Å². The van der Waals surface area contributed by atoms with Crippen LogP contribution in [0.1, 0.15) is 72.9 Å². The Hall–Kier alpha value is -3.14. The van der Waals surface area contributed by atoms with Crippen molar-refractivity contribution < 1.29 is 27.9 Å². The summed E-state index contributed by atoms with van der Waals surface area (Å²) in [5.74, 6) is -2.68. The van der Waals surface area contributed by atoms with Gasteiger partial charge in [-0.15, -0.1) is 0 Å². The van der Waals surface area contributed by atoms with Crippen LogP contribution in [-0.2, 0) is 17.8 Å². The first-order valence-electron chi connectivity index (χ1n) is 14.5. The highest BCUT2D eigenvalue weighted by Gasteiger charge is 2.56. The first kappa shape index (κ1) is 29.4. The number of pyridine rings is 1. The lowest BCUT2D eigenvalue weighted by atomic mass is 9.65. The average Bonchev–Trinajstić information content (AvgIpc) is 3.63. The summed E-state index contributed by atoms with van der Waals surface area (Å²) in [5.41, 5.74) is -0.401. The molecule has 10 heteroatoms. The lowest BCUT2D eigenvalue weighted by Crippen LogP contribution is -2.62. The van der Waals surface area contributed by atoms with Crippen LogP contribution in [-0.4, -0.2) is 58.3 Å². The molecule has 1 aromatic heterocycles. The molecule has 3 fully saturated rings. The van der Waals surface area contributed by atoms with E-state index in [0.29, 0.717) is 30.4 Å². The molecule has 2 aromatic rings. The van der Waals surface area contributed by atoms with Gasteiger partial charge in [0.25, 0.3) is 11.5 Å². The van der Waals surface area contributed by atoms with E-state index in [1.165, 1.54) is 23.9 Å². The van der Waals surface area contributed by atoms with Crippen molar-refractivity contribution in [3.8, 4) is 0 Å². The van der Waals surface area contributed by atoms with Crippen LogP contribution in [0.5, 0.6) is 0 Å². The van der Waals surface area contributed by atoms with Crippen LogP contribution >= 0.6 is 0 Å². The molecule has 2 N–H and O–H groups in total. The minimum atomic E-state index is -4.29. The zero-order valence-corrected chi connectivity index (χ0v) is 23.4. The molecule has 3 atom stereocenters. The molecule has 222 valence electrons. The van der Waals surface area contributed by atoms with E-state index in [9.17, 15) is 32.7 Å². The summed E-state index contributed by atoms with van der Waals surface area (Å²) in [6, 6.07) is 11.0. The van der Waals surface area contributed by atoms with Crippen molar-refractivity contribution in [2.75, 3.05) is 20.1 Å². The number of halogens is 3. The predicted molar refractivity (Wildman–Crippen MR) is 147 cm³/mol. The van der Waals surface area contributed by atoms with E-state index < -0.39 is 29.0 Å². The number of nitrogens with zero attached hydrogens (tertiary/aromatic N) is 2. The van der Waals surface area contributed by atoms with Gasteiger partial charge in [-0.3, -0.25) is 14.4 Å². The van der Waals surface area contributed by atoms with Gasteiger partial charge in [-0.25, -0.2) is 0 Å². The molecule has 7 nitrogen and oxygen atoms in total. The van der Waals surface area contributed by atoms with Gasteiger partial charge in [-0.05, 0) is 56.1 Å². The SMILES string of the molecule is CNC(=O)c1cn(CC2(O)CCN(C(=O)C3CCC(C(F)(F)F)C3)CC23CCCC3)c(=O)cc1Cc1ccccc1. The number of carbonyl (C=O) groups excluding carboxylic acids is 2. The van der Waals surface area contributed by atoms with Gasteiger partial charge < -0.3 is 19.9 Å². The minimum Gasteiger partial charge on any atom is -0.387 e. The van der Waals surface area contributed by atoms with E-state index in [2.05, 4.69) is 5.32 Å². The van der Waals surface area contributed by atoms with Gasteiger partial charge in [0.1, 0.15) is 0 Å². The first-order valence-corrected chi connectivity index (χ1v) is 14.5. The normalized spacial score (nSPS) is 25.9. The molecule has 5 rings (SSSR count). The predicted octanol–water partition coefficient (Wildman–Crippen LogP) is 4.30. The van der Waals surface area contributed by atoms with Gasteiger partial charge in [-0.1, -0.05) is 43.2 Å². The first-order chi connectivity index (χ1) is 19.4. The lowest BCUT2D eigenvalue weighted by Gasteiger charge is -2.52. The van der Waals surface area contributed by atoms with E-state index in [0.717, 1.165) is 18.4 Å². The fourth-order valence-corrected chi connectivity index (χ4v) is 7.37. The molecule has 2 saturated carbocycles. The number of hydrogen-bond acceptors (Lipinski definition) is 4. The third-order valence-electron chi connectivity index (χ3n) is 9.75. The number of likely N-dealkylation sites (tertiary alicyclic amines) is 1. The Labute approximate surface area is 237 Å². The second-order valence-corrected chi connectivity index (χ2v) is 12.2. The Bertz CT molecular complexity index is 1340. The number of hydrogen-bond donors (Lipinski definition) is 2. The third kappa shape index (κ3) is 5.80. The van der Waals surface area contributed by atoms with Crippen molar-refractivity contribution in [2.24, 2.45) is 17.3 Å². The number of piperidine rings is 1. The van der Waals surface area contributed by atoms with Crippen LogP contribution in [0, 0.1) is 17.3 Å². The Morgan fingerprint density at radius 1 is 1.10 bits per heavy atom. The summed E-state index contributed by atoms with van der Waals surface area (Å²) in [5, 5.41) is 14.8. The molecule has 3 unspecified atom stereocenters. The van der Waals surface area contributed by atoms with Crippen molar-refractivity contribution in [1.29, 1.82) is 0 Å². The number of carbonyl (C=O) groups is 2. The molecule has 2 aliphatic carbocycles. The minimum absolute atomic E-state index is 0.0248. The molecule has 0 bridgehead atoms. The summed E-state index contributed by atoms with van der Waals surface area (Å²) in [4.78, 5) is 41.2. The lowest BCUT2D eigenvalue weighted by molar-refractivity contribution is -0.174. The maximum absolute atomic E-state index is 13.4. The Morgan fingerprint density at radius 2 is 1.80 bits per heavy atom. The molecular weight excluding hydrogens is 535 g/mol. The Balaban J connectivity index is 1.39. The number of amides is 2. The number of aromatic nitrogens is 1. The Morgan fingerprint density at radius 3 is 2.44 bits per heavy atom. The van der Waals surface area contributed by atoms with Crippen LogP contribution in [0.2, 0.25) is 0 Å². The summed E-state index contributed by atoms with van der Waals surface area (Å²) in [7, 11) is 1.53. The smallest absolute Gasteiger partial charge is 0.387 e. The zero-order chi connectivity index (χ0) is 29.4.